The van der Waals surface area contributed by atoms with Gasteiger partial charge in [0.1, 0.15) is 12.4 Å². The van der Waals surface area contributed by atoms with Gasteiger partial charge in [-0.2, -0.15) is 0 Å². The average Bonchev–Trinajstić information content (AvgIpc) is 2.52. The predicted octanol–water partition coefficient (Wildman–Crippen LogP) is 3.74. The summed E-state index contributed by atoms with van der Waals surface area (Å²) < 4.78 is 10.7. The van der Waals surface area contributed by atoms with Gasteiger partial charge in [0.25, 0.3) is 0 Å². The molecule has 0 saturated carbocycles. The summed E-state index contributed by atoms with van der Waals surface area (Å²) in [5, 5.41) is 11.0. The van der Waals surface area contributed by atoms with Gasteiger partial charge in [-0.25, -0.2) is 0 Å². The molecule has 0 heterocycles. The lowest BCUT2D eigenvalue weighted by atomic mass is 10.1. The highest BCUT2D eigenvalue weighted by Crippen LogP contribution is 2.28. The maximum Gasteiger partial charge on any atom is 0.311 e. The van der Waals surface area contributed by atoms with E-state index in [0.717, 1.165) is 23.3 Å². The van der Waals surface area contributed by atoms with Crippen molar-refractivity contribution < 1.29 is 14.4 Å². The molecule has 5 nitrogen and oxygen atoms in total. The lowest BCUT2D eigenvalue weighted by Crippen LogP contribution is -2.00. The highest BCUT2D eigenvalue weighted by Gasteiger charge is 2.15. The van der Waals surface area contributed by atoms with Crippen LogP contribution in [0.25, 0.3) is 0 Å². The van der Waals surface area contributed by atoms with Crippen LogP contribution in [-0.4, -0.2) is 12.0 Å². The Morgan fingerprint density at radius 1 is 1.14 bits per heavy atom. The molecule has 0 aromatic heterocycles. The molecular formula is C16H17NO4. The Labute approximate surface area is 123 Å². The SMILES string of the molecule is CCc1ccccc1OCc1ccc(OC)c([N+](=O)[O-])c1. The molecule has 21 heavy (non-hydrogen) atoms. The minimum atomic E-state index is -0.456. The third kappa shape index (κ3) is 3.51. The molecule has 2 rings (SSSR count). The second kappa shape index (κ2) is 6.74. The molecule has 0 fully saturated rings. The predicted molar refractivity (Wildman–Crippen MR) is 79.8 cm³/mol. The van der Waals surface area contributed by atoms with E-state index in [1.165, 1.54) is 13.2 Å². The van der Waals surface area contributed by atoms with Crippen molar-refractivity contribution in [2.24, 2.45) is 0 Å². The standard InChI is InChI=1S/C16H17NO4/c1-3-13-6-4-5-7-15(13)21-11-12-8-9-16(20-2)14(10-12)17(18)19/h4-10H,3,11H2,1-2H3. The lowest BCUT2D eigenvalue weighted by Gasteiger charge is -2.10. The van der Waals surface area contributed by atoms with Crippen LogP contribution >= 0.6 is 0 Å². The van der Waals surface area contributed by atoms with Crippen molar-refractivity contribution in [3.63, 3.8) is 0 Å². The van der Waals surface area contributed by atoms with Crippen molar-refractivity contribution in [1.82, 2.24) is 0 Å². The number of methoxy groups -OCH3 is 1. The Morgan fingerprint density at radius 2 is 1.90 bits per heavy atom. The number of rotatable bonds is 6. The number of nitrogens with zero attached hydrogens (tertiary/aromatic N) is 1. The van der Waals surface area contributed by atoms with E-state index in [-0.39, 0.29) is 18.0 Å². The highest BCUT2D eigenvalue weighted by molar-refractivity contribution is 5.48. The van der Waals surface area contributed by atoms with Crippen LogP contribution in [0.3, 0.4) is 0 Å². The summed E-state index contributed by atoms with van der Waals surface area (Å²) in [6, 6.07) is 12.6. The van der Waals surface area contributed by atoms with Gasteiger partial charge in [0, 0.05) is 6.07 Å². The fourth-order valence-electron chi connectivity index (χ4n) is 2.07. The van der Waals surface area contributed by atoms with E-state index in [1.54, 1.807) is 12.1 Å². The van der Waals surface area contributed by atoms with Gasteiger partial charge in [-0.3, -0.25) is 10.1 Å². The van der Waals surface area contributed by atoms with E-state index in [1.807, 2.05) is 24.3 Å². The number of aryl methyl sites for hydroxylation is 1. The molecule has 0 radical (unpaired) electrons. The molecule has 0 unspecified atom stereocenters. The number of hydrogen-bond donors (Lipinski definition) is 0. The number of benzene rings is 2. The maximum atomic E-state index is 11.0. The Hall–Kier alpha value is -2.56. The minimum absolute atomic E-state index is 0.0534. The minimum Gasteiger partial charge on any atom is -0.490 e. The summed E-state index contributed by atoms with van der Waals surface area (Å²) in [4.78, 5) is 10.5. The van der Waals surface area contributed by atoms with Crippen LogP contribution < -0.4 is 9.47 Å². The first kappa shape index (κ1) is 14.8. The fraction of sp³-hybridized carbons (Fsp3) is 0.250. The van der Waals surface area contributed by atoms with Crippen molar-refractivity contribution in [1.29, 1.82) is 0 Å². The van der Waals surface area contributed by atoms with Gasteiger partial charge in [0.05, 0.1) is 12.0 Å². The Balaban J connectivity index is 2.17. The van der Waals surface area contributed by atoms with E-state index < -0.39 is 4.92 Å². The van der Waals surface area contributed by atoms with Crippen LogP contribution in [0.4, 0.5) is 5.69 Å². The molecule has 2 aromatic rings. The molecule has 0 aliphatic heterocycles. The first-order valence-electron chi connectivity index (χ1n) is 6.67. The summed E-state index contributed by atoms with van der Waals surface area (Å²) in [6.07, 6.45) is 0.874. The summed E-state index contributed by atoms with van der Waals surface area (Å²) in [5.74, 6) is 1.05. The van der Waals surface area contributed by atoms with Crippen LogP contribution in [0, 0.1) is 10.1 Å². The molecule has 0 N–H and O–H groups in total. The van der Waals surface area contributed by atoms with Gasteiger partial charge >= 0.3 is 5.69 Å². The second-order valence-corrected chi connectivity index (χ2v) is 4.51. The van der Waals surface area contributed by atoms with Gasteiger partial charge in [-0.05, 0) is 29.7 Å². The third-order valence-electron chi connectivity index (χ3n) is 3.19. The van der Waals surface area contributed by atoms with Crippen LogP contribution in [0.5, 0.6) is 11.5 Å². The molecule has 0 atom stereocenters. The summed E-state index contributed by atoms with van der Waals surface area (Å²) in [6.45, 7) is 2.34. The van der Waals surface area contributed by atoms with Crippen molar-refractivity contribution in [3.05, 3.63) is 63.7 Å². The van der Waals surface area contributed by atoms with Gasteiger partial charge in [0.2, 0.25) is 0 Å². The molecule has 0 aliphatic carbocycles. The monoisotopic (exact) mass is 287 g/mol. The molecule has 0 bridgehead atoms. The summed E-state index contributed by atoms with van der Waals surface area (Å²) in [7, 11) is 1.41. The van der Waals surface area contributed by atoms with Crippen molar-refractivity contribution >= 4 is 5.69 Å². The maximum absolute atomic E-state index is 11.0. The second-order valence-electron chi connectivity index (χ2n) is 4.51. The average molecular weight is 287 g/mol. The number of nitro benzene ring substituents is 1. The Kier molecular flexibility index (Phi) is 4.77. The third-order valence-corrected chi connectivity index (χ3v) is 3.19. The number of para-hydroxylation sites is 1. The van der Waals surface area contributed by atoms with Crippen LogP contribution in [0.1, 0.15) is 18.1 Å². The molecule has 5 heteroatoms. The zero-order valence-electron chi connectivity index (χ0n) is 12.0. The molecule has 2 aromatic carbocycles. The van der Waals surface area contributed by atoms with E-state index in [4.69, 9.17) is 9.47 Å². The zero-order chi connectivity index (χ0) is 15.2. The van der Waals surface area contributed by atoms with Gasteiger partial charge in [0.15, 0.2) is 5.75 Å². The van der Waals surface area contributed by atoms with Crippen LogP contribution in [0.2, 0.25) is 0 Å². The van der Waals surface area contributed by atoms with Gasteiger partial charge < -0.3 is 9.47 Å². The lowest BCUT2D eigenvalue weighted by molar-refractivity contribution is -0.385. The van der Waals surface area contributed by atoms with Crippen molar-refractivity contribution in [3.8, 4) is 11.5 Å². The number of ether oxygens (including phenoxy) is 2. The van der Waals surface area contributed by atoms with Crippen LogP contribution in [-0.2, 0) is 13.0 Å². The smallest absolute Gasteiger partial charge is 0.311 e. The van der Waals surface area contributed by atoms with E-state index >= 15 is 0 Å². The largest absolute Gasteiger partial charge is 0.490 e. The topological polar surface area (TPSA) is 61.6 Å². The highest BCUT2D eigenvalue weighted by atomic mass is 16.6. The molecule has 0 spiro atoms. The molecule has 0 saturated heterocycles. The van der Waals surface area contributed by atoms with E-state index in [9.17, 15) is 10.1 Å². The molecule has 0 amide bonds. The molecular weight excluding hydrogens is 270 g/mol. The first-order valence-corrected chi connectivity index (χ1v) is 6.67. The molecule has 0 aliphatic rings. The van der Waals surface area contributed by atoms with Gasteiger partial charge in [-0.1, -0.05) is 31.2 Å². The number of nitro groups is 1. The van der Waals surface area contributed by atoms with Crippen LogP contribution in [0.15, 0.2) is 42.5 Å². The van der Waals surface area contributed by atoms with E-state index in [2.05, 4.69) is 6.92 Å². The van der Waals surface area contributed by atoms with Gasteiger partial charge in [-0.15, -0.1) is 0 Å². The van der Waals surface area contributed by atoms with Crippen molar-refractivity contribution in [2.75, 3.05) is 7.11 Å². The van der Waals surface area contributed by atoms with E-state index in [0.29, 0.717) is 0 Å². The first-order chi connectivity index (χ1) is 10.2. The zero-order valence-corrected chi connectivity index (χ0v) is 12.0. The molecule has 110 valence electrons. The number of hydrogen-bond acceptors (Lipinski definition) is 4. The normalized spacial score (nSPS) is 10.2. The summed E-state index contributed by atoms with van der Waals surface area (Å²) >= 11 is 0. The Morgan fingerprint density at radius 3 is 2.57 bits per heavy atom. The quantitative estimate of drug-likeness (QED) is 0.599. The fourth-order valence-corrected chi connectivity index (χ4v) is 2.07. The summed E-state index contributed by atoms with van der Waals surface area (Å²) in [5.41, 5.74) is 1.79. The Bertz CT molecular complexity index is 640. The van der Waals surface area contributed by atoms with Crippen molar-refractivity contribution in [2.45, 2.75) is 20.0 Å².